The summed E-state index contributed by atoms with van der Waals surface area (Å²) in [7, 11) is -4.28. The average Bonchev–Trinajstić information content (AvgIpc) is 2.68. The van der Waals surface area contributed by atoms with Crippen LogP contribution in [0.2, 0.25) is 0 Å². The second-order valence-electron chi connectivity index (χ2n) is 5.49. The van der Waals surface area contributed by atoms with Crippen LogP contribution in [0.15, 0.2) is 17.2 Å². The Balaban J connectivity index is 2.93. The van der Waals surface area contributed by atoms with Gasteiger partial charge in [-0.1, -0.05) is 11.8 Å². The summed E-state index contributed by atoms with van der Waals surface area (Å²) >= 11 is 0.987. The van der Waals surface area contributed by atoms with Crippen LogP contribution in [-0.2, 0) is 26.3 Å². The van der Waals surface area contributed by atoms with Crippen LogP contribution in [0.1, 0.15) is 33.4 Å². The Morgan fingerprint density at radius 1 is 1.41 bits per heavy atom. The molecule has 3 N–H and O–H groups in total. The molecule has 0 atom stereocenters. The molecular formula is C12H19N3O5S2. The van der Waals surface area contributed by atoms with E-state index in [1.807, 2.05) is 0 Å². The zero-order chi connectivity index (χ0) is 17.1. The van der Waals surface area contributed by atoms with Gasteiger partial charge in [-0.15, -0.1) is 0 Å². The highest BCUT2D eigenvalue weighted by atomic mass is 32.2. The van der Waals surface area contributed by atoms with Crippen LogP contribution >= 0.6 is 11.8 Å². The molecule has 0 saturated heterocycles. The monoisotopic (exact) mass is 349 g/mol. The van der Waals surface area contributed by atoms with E-state index in [-0.39, 0.29) is 11.7 Å². The second kappa shape index (κ2) is 6.71. The Hall–Kier alpha value is -1.52. The SMILES string of the molecule is CC(=O)Sc1c[nH]c(CN(C(=O)OC(C)(C)C)S(N)(=O)=O)c1. The third-order valence-electron chi connectivity index (χ3n) is 2.20. The molecular weight excluding hydrogens is 330 g/mol. The predicted octanol–water partition coefficient (Wildman–Crippen LogP) is 1.59. The maximum atomic E-state index is 12.0. The van der Waals surface area contributed by atoms with Gasteiger partial charge in [-0.2, -0.15) is 12.7 Å². The largest absolute Gasteiger partial charge is 0.443 e. The molecule has 0 radical (unpaired) electrons. The molecule has 8 nitrogen and oxygen atoms in total. The van der Waals surface area contributed by atoms with Crippen LogP contribution in [0.5, 0.6) is 0 Å². The van der Waals surface area contributed by atoms with E-state index in [9.17, 15) is 18.0 Å². The summed E-state index contributed by atoms with van der Waals surface area (Å²) in [5.41, 5.74) is -0.450. The first-order chi connectivity index (χ1) is 9.88. The molecule has 1 rings (SSSR count). The van der Waals surface area contributed by atoms with Crippen molar-refractivity contribution < 1.29 is 22.7 Å². The Kier molecular flexibility index (Phi) is 5.65. The standard InChI is InChI=1S/C12H19N3O5S2/c1-8(16)21-10-5-9(14-6-10)7-15(22(13,18)19)11(17)20-12(2,3)4/h5-6,14H,7H2,1-4H3,(H2,13,18,19). The Morgan fingerprint density at radius 2 is 2.00 bits per heavy atom. The number of nitrogens with one attached hydrogen (secondary N) is 1. The van der Waals surface area contributed by atoms with Crippen LogP contribution in [0.3, 0.4) is 0 Å². The van der Waals surface area contributed by atoms with Gasteiger partial charge in [-0.25, -0.2) is 9.93 Å². The molecule has 1 amide bonds. The summed E-state index contributed by atoms with van der Waals surface area (Å²) in [6.07, 6.45) is 0.475. The summed E-state index contributed by atoms with van der Waals surface area (Å²) in [5, 5.41) is 4.95. The van der Waals surface area contributed by atoms with E-state index in [4.69, 9.17) is 9.88 Å². The van der Waals surface area contributed by atoms with Crippen molar-refractivity contribution in [3.05, 3.63) is 18.0 Å². The van der Waals surface area contributed by atoms with E-state index in [1.165, 1.54) is 13.1 Å². The first kappa shape index (κ1) is 18.5. The zero-order valence-electron chi connectivity index (χ0n) is 12.7. The minimum Gasteiger partial charge on any atom is -0.443 e. The predicted molar refractivity (Wildman–Crippen MR) is 82.2 cm³/mol. The highest BCUT2D eigenvalue weighted by Crippen LogP contribution is 2.21. The third kappa shape index (κ3) is 6.08. The van der Waals surface area contributed by atoms with Gasteiger partial charge < -0.3 is 9.72 Å². The number of nitrogens with two attached hydrogens (primary N) is 1. The van der Waals surface area contributed by atoms with Gasteiger partial charge in [-0.05, 0) is 26.8 Å². The van der Waals surface area contributed by atoms with Crippen molar-refractivity contribution in [3.8, 4) is 0 Å². The molecule has 1 heterocycles. The summed E-state index contributed by atoms with van der Waals surface area (Å²) in [6.45, 7) is 5.94. The fraction of sp³-hybridized carbons (Fsp3) is 0.500. The van der Waals surface area contributed by atoms with Crippen molar-refractivity contribution in [1.82, 2.24) is 9.29 Å². The molecule has 10 heteroatoms. The number of aromatic amines is 1. The smallest absolute Gasteiger partial charge is 0.425 e. The number of ether oxygens (including phenoxy) is 1. The number of carbonyl (C=O) groups is 2. The van der Waals surface area contributed by atoms with E-state index >= 15 is 0 Å². The van der Waals surface area contributed by atoms with E-state index in [0.717, 1.165) is 11.8 Å². The normalized spacial score (nSPS) is 12.0. The Morgan fingerprint density at radius 3 is 2.45 bits per heavy atom. The maximum Gasteiger partial charge on any atom is 0.425 e. The fourth-order valence-electron chi connectivity index (χ4n) is 1.46. The van der Waals surface area contributed by atoms with Crippen molar-refractivity contribution >= 4 is 33.2 Å². The summed E-state index contributed by atoms with van der Waals surface area (Å²) in [6, 6.07) is 1.56. The fourth-order valence-corrected chi connectivity index (χ4v) is 2.68. The summed E-state index contributed by atoms with van der Waals surface area (Å²) in [4.78, 5) is 26.4. The topological polar surface area (TPSA) is 123 Å². The number of amides is 1. The van der Waals surface area contributed by atoms with E-state index in [2.05, 4.69) is 4.98 Å². The van der Waals surface area contributed by atoms with Crippen LogP contribution in [0.25, 0.3) is 0 Å². The highest BCUT2D eigenvalue weighted by molar-refractivity contribution is 8.13. The number of thioether (sulfide) groups is 1. The highest BCUT2D eigenvalue weighted by Gasteiger charge is 2.29. The molecule has 0 aromatic carbocycles. The number of hydrogen-bond acceptors (Lipinski definition) is 6. The quantitative estimate of drug-likeness (QED) is 0.796. The van der Waals surface area contributed by atoms with E-state index < -0.39 is 21.9 Å². The Labute approximate surface area is 133 Å². The van der Waals surface area contributed by atoms with Crippen LogP contribution in [0, 0.1) is 0 Å². The number of aromatic nitrogens is 1. The van der Waals surface area contributed by atoms with Crippen molar-refractivity contribution in [1.29, 1.82) is 0 Å². The minimum atomic E-state index is -4.28. The molecule has 22 heavy (non-hydrogen) atoms. The van der Waals surface area contributed by atoms with Crippen molar-refractivity contribution in [3.63, 3.8) is 0 Å². The lowest BCUT2D eigenvalue weighted by atomic mass is 10.2. The van der Waals surface area contributed by atoms with Gasteiger partial charge in [0.1, 0.15) is 5.60 Å². The molecule has 1 aromatic heterocycles. The molecule has 0 fully saturated rings. The average molecular weight is 349 g/mol. The lowest BCUT2D eigenvalue weighted by Crippen LogP contribution is -2.43. The second-order valence-corrected chi connectivity index (χ2v) is 8.21. The van der Waals surface area contributed by atoms with Gasteiger partial charge in [0, 0.05) is 23.7 Å². The molecule has 1 aromatic rings. The van der Waals surface area contributed by atoms with Gasteiger partial charge >= 0.3 is 16.3 Å². The first-order valence-electron chi connectivity index (χ1n) is 6.27. The van der Waals surface area contributed by atoms with Crippen molar-refractivity contribution in [2.75, 3.05) is 0 Å². The van der Waals surface area contributed by atoms with Gasteiger partial charge in [0.15, 0.2) is 5.12 Å². The maximum absolute atomic E-state index is 12.0. The molecule has 0 bridgehead atoms. The van der Waals surface area contributed by atoms with Crippen molar-refractivity contribution in [2.24, 2.45) is 5.14 Å². The number of rotatable bonds is 4. The zero-order valence-corrected chi connectivity index (χ0v) is 14.4. The van der Waals surface area contributed by atoms with Gasteiger partial charge in [0.2, 0.25) is 0 Å². The number of nitrogens with zero attached hydrogens (tertiary/aromatic N) is 1. The first-order valence-corrected chi connectivity index (χ1v) is 8.59. The van der Waals surface area contributed by atoms with Crippen LogP contribution in [-0.4, -0.2) is 34.5 Å². The van der Waals surface area contributed by atoms with Gasteiger partial charge in [0.05, 0.1) is 6.54 Å². The number of H-pyrrole nitrogens is 1. The van der Waals surface area contributed by atoms with Crippen LogP contribution < -0.4 is 5.14 Å². The molecule has 0 aliphatic carbocycles. The van der Waals surface area contributed by atoms with Crippen LogP contribution in [0.4, 0.5) is 4.79 Å². The molecule has 0 saturated carbocycles. The van der Waals surface area contributed by atoms with E-state index in [1.54, 1.807) is 26.8 Å². The summed E-state index contributed by atoms with van der Waals surface area (Å²) < 4.78 is 28.6. The molecule has 124 valence electrons. The Bertz CT molecular complexity index is 661. The lowest BCUT2D eigenvalue weighted by Gasteiger charge is -2.25. The number of hydrogen-bond donors (Lipinski definition) is 2. The molecule has 0 aliphatic rings. The molecule has 0 aliphatic heterocycles. The minimum absolute atomic E-state index is 0.110. The number of carbonyl (C=O) groups excluding carboxylic acids is 2. The molecule has 0 spiro atoms. The summed E-state index contributed by atoms with van der Waals surface area (Å²) in [5.74, 6) is 0. The van der Waals surface area contributed by atoms with Gasteiger partial charge in [0.25, 0.3) is 0 Å². The van der Waals surface area contributed by atoms with Gasteiger partial charge in [-0.3, -0.25) is 4.79 Å². The van der Waals surface area contributed by atoms with E-state index in [0.29, 0.717) is 14.9 Å². The van der Waals surface area contributed by atoms with Crippen molar-refractivity contribution in [2.45, 2.75) is 44.7 Å². The third-order valence-corrected chi connectivity index (χ3v) is 3.85. The molecule has 0 unspecified atom stereocenters. The lowest BCUT2D eigenvalue weighted by molar-refractivity contribution is -0.109.